The molecule has 1 atom stereocenters. The average Bonchev–Trinajstić information content (AvgIpc) is 2.98. The molecule has 3 rings (SSSR count). The predicted octanol–water partition coefficient (Wildman–Crippen LogP) is 3.15. The highest BCUT2D eigenvalue weighted by Gasteiger charge is 2.13. The summed E-state index contributed by atoms with van der Waals surface area (Å²) in [6.07, 6.45) is 0.522. The summed E-state index contributed by atoms with van der Waals surface area (Å²) >= 11 is 0. The maximum atomic E-state index is 12.7. The zero-order valence-corrected chi connectivity index (χ0v) is 16.4. The van der Waals surface area contributed by atoms with Crippen LogP contribution in [0.4, 0.5) is 5.69 Å². The Morgan fingerprint density at radius 1 is 1.17 bits per heavy atom. The maximum Gasteiger partial charge on any atom is 0.280 e. The Balaban J connectivity index is 1.77. The minimum Gasteiger partial charge on any atom is -0.386 e. The van der Waals surface area contributed by atoms with Crippen LogP contribution in [0.5, 0.6) is 0 Å². The van der Waals surface area contributed by atoms with Crippen LogP contribution in [-0.4, -0.2) is 32.6 Å². The number of nitrogens with zero attached hydrogens (tertiary/aromatic N) is 3. The maximum absolute atomic E-state index is 12.7. The number of non-ortho nitro benzene ring substituents is 1. The third kappa shape index (κ3) is 4.33. The van der Waals surface area contributed by atoms with E-state index in [0.717, 1.165) is 16.8 Å². The number of benzene rings is 2. The molecule has 29 heavy (non-hydrogen) atoms. The van der Waals surface area contributed by atoms with E-state index < -0.39 is 11.0 Å². The van der Waals surface area contributed by atoms with E-state index in [4.69, 9.17) is 0 Å². The summed E-state index contributed by atoms with van der Waals surface area (Å²) in [7, 11) is 0. The van der Waals surface area contributed by atoms with Gasteiger partial charge in [-0.15, -0.1) is 0 Å². The molecule has 0 amide bonds. The molecule has 0 radical (unpaired) electrons. The third-order valence-corrected chi connectivity index (χ3v) is 4.85. The normalized spacial score (nSPS) is 12.4. The van der Waals surface area contributed by atoms with Gasteiger partial charge < -0.3 is 5.11 Å². The number of hydrogen-bond donors (Lipinski definition) is 2. The van der Waals surface area contributed by atoms with Crippen LogP contribution in [0.1, 0.15) is 34.1 Å². The van der Waals surface area contributed by atoms with Crippen LogP contribution in [0.2, 0.25) is 0 Å². The monoisotopic (exact) mass is 394 g/mol. The molecular formula is C21H22N4O4. The third-order valence-electron chi connectivity index (χ3n) is 4.85. The predicted molar refractivity (Wildman–Crippen MR) is 111 cm³/mol. The van der Waals surface area contributed by atoms with Crippen LogP contribution in [0.25, 0.3) is 5.69 Å². The summed E-state index contributed by atoms with van der Waals surface area (Å²) in [5, 5.41) is 24.0. The summed E-state index contributed by atoms with van der Waals surface area (Å²) < 4.78 is 1.47. The van der Waals surface area contributed by atoms with Gasteiger partial charge in [-0.3, -0.25) is 25.0 Å². The lowest BCUT2D eigenvalue weighted by Crippen LogP contribution is -2.17. The van der Waals surface area contributed by atoms with Crippen LogP contribution < -0.4 is 5.56 Å². The van der Waals surface area contributed by atoms with E-state index >= 15 is 0 Å². The number of aromatic amines is 1. The smallest absolute Gasteiger partial charge is 0.280 e. The quantitative estimate of drug-likeness (QED) is 0.380. The molecule has 1 aromatic heterocycles. The zero-order valence-electron chi connectivity index (χ0n) is 16.4. The van der Waals surface area contributed by atoms with Crippen molar-refractivity contribution in [2.45, 2.75) is 26.9 Å². The number of aliphatic hydroxyl groups excluding tert-OH is 1. The molecule has 0 saturated heterocycles. The van der Waals surface area contributed by atoms with Crippen molar-refractivity contribution in [2.75, 3.05) is 6.54 Å². The fraction of sp³-hybridized carbons (Fsp3) is 0.238. The Morgan fingerprint density at radius 3 is 2.48 bits per heavy atom. The first-order valence-corrected chi connectivity index (χ1v) is 9.09. The van der Waals surface area contributed by atoms with Crippen molar-refractivity contribution in [3.63, 3.8) is 0 Å². The SMILES string of the molecule is Cc1ccc(-n2[nH]c(C)c(C=NC[C@@H](O)c3ccc([N+](=O)[O-])cc3)c2=O)cc1C. The van der Waals surface area contributed by atoms with E-state index in [2.05, 4.69) is 10.1 Å². The Bertz CT molecular complexity index is 1130. The van der Waals surface area contributed by atoms with Crippen LogP contribution in [0, 0.1) is 30.9 Å². The summed E-state index contributed by atoms with van der Waals surface area (Å²) in [5.74, 6) is 0. The number of aliphatic hydroxyl groups is 1. The molecule has 0 unspecified atom stereocenters. The van der Waals surface area contributed by atoms with Crippen molar-refractivity contribution >= 4 is 11.9 Å². The highest BCUT2D eigenvalue weighted by Crippen LogP contribution is 2.18. The van der Waals surface area contributed by atoms with Crippen LogP contribution in [0.3, 0.4) is 0 Å². The van der Waals surface area contributed by atoms with E-state index in [9.17, 15) is 20.0 Å². The first-order valence-electron chi connectivity index (χ1n) is 9.09. The number of hydrogen-bond acceptors (Lipinski definition) is 5. The Kier molecular flexibility index (Phi) is 5.74. The zero-order chi connectivity index (χ0) is 21.1. The van der Waals surface area contributed by atoms with Crippen LogP contribution in [-0.2, 0) is 0 Å². The second-order valence-corrected chi connectivity index (χ2v) is 6.92. The van der Waals surface area contributed by atoms with E-state index in [0.29, 0.717) is 16.8 Å². The Hall–Kier alpha value is -3.52. The molecule has 0 fully saturated rings. The first-order chi connectivity index (χ1) is 13.8. The van der Waals surface area contributed by atoms with Gasteiger partial charge in [0.05, 0.1) is 28.8 Å². The van der Waals surface area contributed by atoms with Gasteiger partial charge in [-0.25, -0.2) is 4.68 Å². The minimum atomic E-state index is -0.923. The Labute approximate surface area is 167 Å². The molecule has 2 N–H and O–H groups in total. The number of aliphatic imine (C=N–C) groups is 1. The standard InChI is InChI=1S/C21H22N4O4/c1-13-4-7-18(10-14(13)2)24-21(27)19(15(3)23-24)11-22-12-20(26)16-5-8-17(9-6-16)25(28)29/h4-11,20,23,26H,12H2,1-3H3/t20-/m1/s1. The van der Waals surface area contributed by atoms with Gasteiger partial charge in [-0.1, -0.05) is 6.07 Å². The summed E-state index contributed by atoms with van der Waals surface area (Å²) in [6, 6.07) is 11.4. The lowest BCUT2D eigenvalue weighted by atomic mass is 10.1. The van der Waals surface area contributed by atoms with Gasteiger partial charge in [0.1, 0.15) is 0 Å². The minimum absolute atomic E-state index is 0.0332. The fourth-order valence-corrected chi connectivity index (χ4v) is 2.93. The van der Waals surface area contributed by atoms with Crippen molar-refractivity contribution in [3.05, 3.63) is 90.9 Å². The largest absolute Gasteiger partial charge is 0.386 e. The molecule has 3 aromatic rings. The van der Waals surface area contributed by atoms with Gasteiger partial charge in [-0.05, 0) is 61.7 Å². The molecule has 0 aliphatic rings. The molecule has 0 aliphatic heterocycles. The fourth-order valence-electron chi connectivity index (χ4n) is 2.93. The summed E-state index contributed by atoms with van der Waals surface area (Å²) in [6.45, 7) is 5.82. The molecule has 8 heteroatoms. The number of aryl methyl sites for hydroxylation is 3. The number of nitrogens with one attached hydrogen (secondary N) is 1. The molecule has 1 heterocycles. The Morgan fingerprint density at radius 2 is 1.86 bits per heavy atom. The second-order valence-electron chi connectivity index (χ2n) is 6.92. The summed E-state index contributed by atoms with van der Waals surface area (Å²) in [4.78, 5) is 27.1. The van der Waals surface area contributed by atoms with Crippen molar-refractivity contribution in [3.8, 4) is 5.69 Å². The van der Waals surface area contributed by atoms with Gasteiger partial charge in [0.15, 0.2) is 0 Å². The highest BCUT2D eigenvalue weighted by atomic mass is 16.6. The van der Waals surface area contributed by atoms with Gasteiger partial charge in [0, 0.05) is 24.0 Å². The van der Waals surface area contributed by atoms with Gasteiger partial charge in [0.2, 0.25) is 0 Å². The molecule has 0 bridgehead atoms. The first kappa shape index (κ1) is 20.2. The van der Waals surface area contributed by atoms with Gasteiger partial charge in [0.25, 0.3) is 11.2 Å². The van der Waals surface area contributed by atoms with E-state index in [1.165, 1.54) is 35.2 Å². The summed E-state index contributed by atoms with van der Waals surface area (Å²) in [5.41, 5.74) is 4.31. The van der Waals surface area contributed by atoms with E-state index in [1.807, 2.05) is 32.0 Å². The molecular weight excluding hydrogens is 372 g/mol. The average molecular weight is 394 g/mol. The lowest BCUT2D eigenvalue weighted by molar-refractivity contribution is -0.384. The number of H-pyrrole nitrogens is 1. The molecule has 8 nitrogen and oxygen atoms in total. The van der Waals surface area contributed by atoms with E-state index in [1.54, 1.807) is 6.92 Å². The lowest BCUT2D eigenvalue weighted by Gasteiger charge is -2.07. The van der Waals surface area contributed by atoms with Crippen molar-refractivity contribution < 1.29 is 10.0 Å². The van der Waals surface area contributed by atoms with Crippen molar-refractivity contribution in [1.82, 2.24) is 9.78 Å². The topological polar surface area (TPSA) is 114 Å². The molecule has 0 spiro atoms. The van der Waals surface area contributed by atoms with Crippen molar-refractivity contribution in [1.29, 1.82) is 0 Å². The number of rotatable bonds is 6. The van der Waals surface area contributed by atoms with Crippen LogP contribution >= 0.6 is 0 Å². The number of nitro benzene ring substituents is 1. The van der Waals surface area contributed by atoms with Gasteiger partial charge >= 0.3 is 0 Å². The number of aromatic nitrogens is 2. The van der Waals surface area contributed by atoms with E-state index in [-0.39, 0.29) is 17.8 Å². The number of nitro groups is 1. The highest BCUT2D eigenvalue weighted by molar-refractivity contribution is 5.80. The molecule has 0 aliphatic carbocycles. The van der Waals surface area contributed by atoms with Crippen molar-refractivity contribution in [2.24, 2.45) is 4.99 Å². The molecule has 0 saturated carbocycles. The van der Waals surface area contributed by atoms with Crippen LogP contribution in [0.15, 0.2) is 52.3 Å². The second kappa shape index (κ2) is 8.24. The molecule has 2 aromatic carbocycles. The van der Waals surface area contributed by atoms with Gasteiger partial charge in [-0.2, -0.15) is 0 Å². The molecule has 150 valence electrons.